The van der Waals surface area contributed by atoms with Gasteiger partial charge in [-0.2, -0.15) is 0 Å². The first-order valence-corrected chi connectivity index (χ1v) is 11.5. The summed E-state index contributed by atoms with van der Waals surface area (Å²) in [7, 11) is 1.61. The van der Waals surface area contributed by atoms with E-state index in [1.807, 2.05) is 54.6 Å². The van der Waals surface area contributed by atoms with E-state index in [0.29, 0.717) is 40.6 Å². The van der Waals surface area contributed by atoms with Gasteiger partial charge < -0.3 is 9.47 Å². The molecule has 2 aromatic heterocycles. The van der Waals surface area contributed by atoms with Gasteiger partial charge in [0.1, 0.15) is 17.3 Å². The zero-order valence-electron chi connectivity index (χ0n) is 19.9. The molecule has 0 aliphatic rings. The number of nitrogens with zero attached hydrogens (tertiary/aromatic N) is 3. The molecule has 0 N–H and O–H groups in total. The van der Waals surface area contributed by atoms with Crippen molar-refractivity contribution in [3.05, 3.63) is 113 Å². The van der Waals surface area contributed by atoms with Gasteiger partial charge in [0.05, 0.1) is 18.5 Å². The van der Waals surface area contributed by atoms with Gasteiger partial charge in [-0.3, -0.25) is 9.20 Å². The van der Waals surface area contributed by atoms with Gasteiger partial charge in [0.25, 0.3) is 0 Å². The fraction of sp³-hybridized carbons (Fsp3) is 0.138. The quantitative estimate of drug-likeness (QED) is 0.281. The second-order valence-corrected chi connectivity index (χ2v) is 8.39. The zero-order chi connectivity index (χ0) is 25.1. The van der Waals surface area contributed by atoms with E-state index < -0.39 is 5.97 Å². The maximum absolute atomic E-state index is 14.6. The molecule has 2 heterocycles. The minimum absolute atomic E-state index is 0.228. The molecule has 0 aliphatic carbocycles. The van der Waals surface area contributed by atoms with Crippen molar-refractivity contribution in [1.29, 1.82) is 0 Å². The minimum atomic E-state index is -0.461. The fourth-order valence-electron chi connectivity index (χ4n) is 4.16. The maximum Gasteiger partial charge on any atom is 0.309 e. The van der Waals surface area contributed by atoms with Gasteiger partial charge in [0.15, 0.2) is 5.65 Å². The highest BCUT2D eigenvalue weighted by Crippen LogP contribution is 2.30. The highest BCUT2D eigenvalue weighted by molar-refractivity contribution is 5.71. The lowest BCUT2D eigenvalue weighted by Crippen LogP contribution is -2.07. The topological polar surface area (TPSA) is 65.7 Å². The number of carbonyl (C=O) groups is 1. The van der Waals surface area contributed by atoms with Crippen molar-refractivity contribution in [2.24, 2.45) is 0 Å². The summed E-state index contributed by atoms with van der Waals surface area (Å²) in [6.07, 6.45) is 2.43. The van der Waals surface area contributed by atoms with Gasteiger partial charge in [0.2, 0.25) is 5.88 Å². The molecule has 180 valence electrons. The monoisotopic (exact) mass is 481 g/mol. The Morgan fingerprint density at radius 3 is 2.44 bits per heavy atom. The summed E-state index contributed by atoms with van der Waals surface area (Å²) in [5.41, 5.74) is 4.64. The first kappa shape index (κ1) is 23.2. The number of aromatic nitrogens is 3. The van der Waals surface area contributed by atoms with Crippen molar-refractivity contribution >= 4 is 11.6 Å². The van der Waals surface area contributed by atoms with E-state index >= 15 is 0 Å². The van der Waals surface area contributed by atoms with Crippen molar-refractivity contribution in [2.45, 2.75) is 19.8 Å². The molecule has 0 bridgehead atoms. The van der Waals surface area contributed by atoms with Gasteiger partial charge in [-0.15, -0.1) is 0 Å². The molecule has 6 nitrogen and oxygen atoms in total. The summed E-state index contributed by atoms with van der Waals surface area (Å²) in [5.74, 6) is 0.261. The summed E-state index contributed by atoms with van der Waals surface area (Å²) in [6, 6.07) is 23.9. The number of esters is 1. The Kier molecular flexibility index (Phi) is 6.45. The molecule has 5 aromatic rings. The highest BCUT2D eigenvalue weighted by atomic mass is 19.1. The lowest BCUT2D eigenvalue weighted by molar-refractivity contribution is -0.132. The van der Waals surface area contributed by atoms with Crippen LogP contribution in [0, 0.1) is 5.82 Å². The predicted octanol–water partition coefficient (Wildman–Crippen LogP) is 5.65. The van der Waals surface area contributed by atoms with Gasteiger partial charge in [-0.25, -0.2) is 14.4 Å². The van der Waals surface area contributed by atoms with Crippen molar-refractivity contribution in [2.75, 3.05) is 7.11 Å². The van der Waals surface area contributed by atoms with E-state index in [1.165, 1.54) is 13.0 Å². The van der Waals surface area contributed by atoms with Crippen LogP contribution in [0.15, 0.2) is 85.1 Å². The number of imidazole rings is 1. The smallest absolute Gasteiger partial charge is 0.309 e. The molecule has 36 heavy (non-hydrogen) atoms. The molecule has 0 radical (unpaired) electrons. The molecule has 0 unspecified atom stereocenters. The highest BCUT2D eigenvalue weighted by Gasteiger charge is 2.21. The lowest BCUT2D eigenvalue weighted by Gasteiger charge is -2.10. The lowest BCUT2D eigenvalue weighted by atomic mass is 10.1. The Morgan fingerprint density at radius 1 is 0.917 bits per heavy atom. The standard InChI is InChI=1S/C29H24FN3O3/c1-19(34)36-29-26(16-20-9-8-13-23(15-20)35-2)32-28-25(17-22-12-6-7-14-24(22)30)31-27(18-33(28)29)21-10-4-3-5-11-21/h3-15,18H,16-17H2,1-2H3. The van der Waals surface area contributed by atoms with Crippen LogP contribution < -0.4 is 9.47 Å². The van der Waals surface area contributed by atoms with Gasteiger partial charge in [-0.05, 0) is 29.3 Å². The SMILES string of the molecule is COc1cccc(Cc2nc3c(Cc4ccccc4F)nc(-c4ccccc4)cn3c2OC(C)=O)c1. The first-order chi connectivity index (χ1) is 17.5. The average Bonchev–Trinajstić information content (AvgIpc) is 3.22. The van der Waals surface area contributed by atoms with E-state index in [4.69, 9.17) is 19.4 Å². The Morgan fingerprint density at radius 2 is 1.69 bits per heavy atom. The largest absolute Gasteiger partial charge is 0.497 e. The van der Waals surface area contributed by atoms with Crippen molar-refractivity contribution in [1.82, 2.24) is 14.4 Å². The van der Waals surface area contributed by atoms with E-state index in [2.05, 4.69) is 0 Å². The normalized spacial score (nSPS) is 11.0. The predicted molar refractivity (Wildman–Crippen MR) is 135 cm³/mol. The Hall–Kier alpha value is -4.52. The molecular weight excluding hydrogens is 457 g/mol. The van der Waals surface area contributed by atoms with Crippen LogP contribution in [0.3, 0.4) is 0 Å². The van der Waals surface area contributed by atoms with Crippen molar-refractivity contribution in [3.63, 3.8) is 0 Å². The third-order valence-electron chi connectivity index (χ3n) is 5.83. The molecule has 7 heteroatoms. The third-order valence-corrected chi connectivity index (χ3v) is 5.83. The zero-order valence-corrected chi connectivity index (χ0v) is 19.9. The van der Waals surface area contributed by atoms with Gasteiger partial charge in [0, 0.05) is 31.5 Å². The van der Waals surface area contributed by atoms with Crippen LogP contribution in [0.4, 0.5) is 4.39 Å². The molecule has 0 fully saturated rings. The molecule has 0 aliphatic heterocycles. The Bertz CT molecular complexity index is 1550. The third kappa shape index (κ3) is 4.81. The van der Waals surface area contributed by atoms with Crippen LogP contribution in [0.25, 0.3) is 16.9 Å². The summed E-state index contributed by atoms with van der Waals surface area (Å²) in [4.78, 5) is 21.8. The van der Waals surface area contributed by atoms with Crippen LogP contribution in [0.2, 0.25) is 0 Å². The van der Waals surface area contributed by atoms with E-state index in [9.17, 15) is 9.18 Å². The summed E-state index contributed by atoms with van der Waals surface area (Å²) < 4.78 is 27.3. The average molecular weight is 482 g/mol. The number of rotatable bonds is 7. The van der Waals surface area contributed by atoms with Gasteiger partial charge >= 0.3 is 5.97 Å². The number of benzene rings is 3. The molecular formula is C29H24FN3O3. The van der Waals surface area contributed by atoms with Crippen LogP contribution in [0.1, 0.15) is 29.4 Å². The Labute approximate surface area is 208 Å². The maximum atomic E-state index is 14.6. The molecule has 0 amide bonds. The number of ether oxygens (including phenoxy) is 2. The number of methoxy groups -OCH3 is 1. The number of fused-ring (bicyclic) bond motifs is 1. The van der Waals surface area contributed by atoms with Crippen molar-refractivity contribution in [3.8, 4) is 22.9 Å². The number of hydrogen-bond donors (Lipinski definition) is 0. The number of carbonyl (C=O) groups excluding carboxylic acids is 1. The van der Waals surface area contributed by atoms with Crippen molar-refractivity contribution < 1.29 is 18.7 Å². The number of hydrogen-bond acceptors (Lipinski definition) is 5. The molecule has 0 spiro atoms. The van der Waals surface area contributed by atoms with Crippen LogP contribution in [-0.4, -0.2) is 27.4 Å². The van der Waals surface area contributed by atoms with Crippen LogP contribution >= 0.6 is 0 Å². The number of halogens is 1. The second-order valence-electron chi connectivity index (χ2n) is 8.39. The van der Waals surface area contributed by atoms with E-state index in [1.54, 1.807) is 35.9 Å². The second kappa shape index (κ2) is 10.00. The first-order valence-electron chi connectivity index (χ1n) is 11.5. The van der Waals surface area contributed by atoms with E-state index in [-0.39, 0.29) is 12.2 Å². The summed E-state index contributed by atoms with van der Waals surface area (Å²) in [6.45, 7) is 1.36. The Balaban J connectivity index is 1.71. The molecule has 5 rings (SSSR count). The summed E-state index contributed by atoms with van der Waals surface area (Å²) in [5, 5.41) is 0. The fourth-order valence-corrected chi connectivity index (χ4v) is 4.16. The van der Waals surface area contributed by atoms with Gasteiger partial charge in [-0.1, -0.05) is 60.7 Å². The van der Waals surface area contributed by atoms with Crippen LogP contribution in [0.5, 0.6) is 11.6 Å². The summed E-state index contributed by atoms with van der Waals surface area (Å²) >= 11 is 0. The minimum Gasteiger partial charge on any atom is -0.497 e. The molecule has 0 saturated carbocycles. The van der Waals surface area contributed by atoms with Crippen LogP contribution in [-0.2, 0) is 17.6 Å². The molecule has 3 aromatic carbocycles. The van der Waals surface area contributed by atoms with E-state index in [0.717, 1.165) is 16.9 Å². The molecule has 0 saturated heterocycles. The molecule has 0 atom stereocenters.